The lowest BCUT2D eigenvalue weighted by atomic mass is 10.0. The van der Waals surface area contributed by atoms with E-state index < -0.39 is 0 Å². The van der Waals surface area contributed by atoms with E-state index in [1.54, 1.807) is 0 Å². The van der Waals surface area contributed by atoms with Gasteiger partial charge in [0.2, 0.25) is 0 Å². The van der Waals surface area contributed by atoms with Gasteiger partial charge in [0.15, 0.2) is 0 Å². The van der Waals surface area contributed by atoms with Crippen LogP contribution in [0.4, 0.5) is 5.69 Å². The van der Waals surface area contributed by atoms with E-state index in [1.165, 1.54) is 22.4 Å². The van der Waals surface area contributed by atoms with E-state index in [-0.39, 0.29) is 0 Å². The third-order valence-corrected chi connectivity index (χ3v) is 3.23. The van der Waals surface area contributed by atoms with Crippen LogP contribution in [0.3, 0.4) is 0 Å². The molecule has 1 heterocycles. The lowest BCUT2D eigenvalue weighted by molar-refractivity contribution is 0.853. The van der Waals surface area contributed by atoms with Crippen molar-refractivity contribution >= 4 is 5.69 Å². The van der Waals surface area contributed by atoms with Gasteiger partial charge in [0, 0.05) is 18.8 Å². The van der Waals surface area contributed by atoms with Crippen molar-refractivity contribution < 1.29 is 0 Å². The second-order valence-corrected chi connectivity index (χ2v) is 4.07. The Morgan fingerprint density at radius 3 is 2.57 bits per heavy atom. The molecule has 76 valence electrons. The Labute approximate surface area is 85.9 Å². The summed E-state index contributed by atoms with van der Waals surface area (Å²) in [6.45, 7) is 9.82. The second-order valence-electron chi connectivity index (χ2n) is 4.07. The monoisotopic (exact) mass is 190 g/mol. The predicted octanol–water partition coefficient (Wildman–Crippen LogP) is 1.98. The van der Waals surface area contributed by atoms with Crippen LogP contribution in [0.2, 0.25) is 0 Å². The number of hydrogen-bond donors (Lipinski definition) is 1. The summed E-state index contributed by atoms with van der Waals surface area (Å²) in [5.41, 5.74) is 5.62. The number of nitrogens with zero attached hydrogens (tertiary/aromatic N) is 1. The van der Waals surface area contributed by atoms with Crippen LogP contribution in [0, 0.1) is 20.8 Å². The zero-order chi connectivity index (χ0) is 10.1. The van der Waals surface area contributed by atoms with Crippen molar-refractivity contribution in [3.05, 3.63) is 28.8 Å². The number of anilines is 1. The molecule has 0 radical (unpaired) electrons. The molecule has 0 unspecified atom stereocenters. The molecule has 1 aliphatic rings. The third kappa shape index (κ3) is 1.50. The van der Waals surface area contributed by atoms with Crippen molar-refractivity contribution in [2.45, 2.75) is 20.8 Å². The van der Waals surface area contributed by atoms with E-state index in [0.29, 0.717) is 0 Å². The zero-order valence-electron chi connectivity index (χ0n) is 9.22. The van der Waals surface area contributed by atoms with E-state index in [4.69, 9.17) is 0 Å². The molecule has 0 amide bonds. The van der Waals surface area contributed by atoms with Crippen molar-refractivity contribution in [3.8, 4) is 0 Å². The fourth-order valence-electron chi connectivity index (χ4n) is 2.00. The highest BCUT2D eigenvalue weighted by molar-refractivity contribution is 5.58. The lowest BCUT2D eigenvalue weighted by Crippen LogP contribution is -2.22. The first kappa shape index (κ1) is 9.53. The van der Waals surface area contributed by atoms with Crippen LogP contribution in [0.5, 0.6) is 0 Å². The second kappa shape index (κ2) is 3.62. The predicted molar refractivity (Wildman–Crippen MR) is 60.9 cm³/mol. The van der Waals surface area contributed by atoms with Crippen LogP contribution >= 0.6 is 0 Å². The molecule has 1 saturated heterocycles. The van der Waals surface area contributed by atoms with Crippen LogP contribution in [-0.4, -0.2) is 19.8 Å². The Kier molecular flexibility index (Phi) is 2.46. The fourth-order valence-corrected chi connectivity index (χ4v) is 2.00. The van der Waals surface area contributed by atoms with Crippen LogP contribution in [0.1, 0.15) is 16.7 Å². The molecule has 2 nitrogen and oxygen atoms in total. The molecule has 14 heavy (non-hydrogen) atoms. The Morgan fingerprint density at radius 2 is 1.93 bits per heavy atom. The summed E-state index contributed by atoms with van der Waals surface area (Å²) in [5, 5.41) is 3.36. The van der Waals surface area contributed by atoms with Crippen LogP contribution in [0.15, 0.2) is 12.1 Å². The first-order valence-electron chi connectivity index (χ1n) is 5.22. The standard InChI is InChI=1S/C12H18N2/c1-9-4-5-12(11(3)10(9)2)14-7-6-13-8-14/h4-5,13H,6-8H2,1-3H3. The Balaban J connectivity index is 2.38. The van der Waals surface area contributed by atoms with Crippen LogP contribution < -0.4 is 10.2 Å². The molecule has 0 saturated carbocycles. The van der Waals surface area contributed by atoms with Gasteiger partial charge in [-0.15, -0.1) is 0 Å². The van der Waals surface area contributed by atoms with Crippen molar-refractivity contribution in [3.63, 3.8) is 0 Å². The number of benzene rings is 1. The quantitative estimate of drug-likeness (QED) is 0.728. The van der Waals surface area contributed by atoms with Gasteiger partial charge in [0.25, 0.3) is 0 Å². The van der Waals surface area contributed by atoms with Crippen LogP contribution in [0.25, 0.3) is 0 Å². The summed E-state index contributed by atoms with van der Waals surface area (Å²) in [4.78, 5) is 2.40. The third-order valence-electron chi connectivity index (χ3n) is 3.23. The van der Waals surface area contributed by atoms with Crippen molar-refractivity contribution in [2.24, 2.45) is 0 Å². The molecular weight excluding hydrogens is 172 g/mol. The fraction of sp³-hybridized carbons (Fsp3) is 0.500. The highest BCUT2D eigenvalue weighted by Gasteiger charge is 2.14. The van der Waals surface area contributed by atoms with Gasteiger partial charge < -0.3 is 4.90 Å². The summed E-state index contributed by atoms with van der Waals surface area (Å²) >= 11 is 0. The first-order valence-corrected chi connectivity index (χ1v) is 5.22. The van der Waals surface area contributed by atoms with Gasteiger partial charge in [0.05, 0.1) is 6.67 Å². The average Bonchev–Trinajstić information content (AvgIpc) is 2.67. The topological polar surface area (TPSA) is 15.3 Å². The zero-order valence-corrected chi connectivity index (χ0v) is 9.22. The molecule has 0 spiro atoms. The maximum atomic E-state index is 3.36. The smallest absolute Gasteiger partial charge is 0.0683 e. The van der Waals surface area contributed by atoms with E-state index >= 15 is 0 Å². The molecule has 1 aliphatic heterocycles. The van der Waals surface area contributed by atoms with Gasteiger partial charge in [-0.25, -0.2) is 0 Å². The number of rotatable bonds is 1. The van der Waals surface area contributed by atoms with Gasteiger partial charge in [-0.1, -0.05) is 6.07 Å². The summed E-state index contributed by atoms with van der Waals surface area (Å²) < 4.78 is 0. The van der Waals surface area contributed by atoms with Crippen molar-refractivity contribution in [1.82, 2.24) is 5.32 Å². The molecule has 1 aromatic rings. The molecule has 0 aliphatic carbocycles. The molecule has 1 N–H and O–H groups in total. The SMILES string of the molecule is Cc1ccc(N2CCNC2)c(C)c1C. The molecule has 1 fully saturated rings. The van der Waals surface area contributed by atoms with Gasteiger partial charge in [0.1, 0.15) is 0 Å². The summed E-state index contributed by atoms with van der Waals surface area (Å²) in [6, 6.07) is 4.46. The minimum Gasteiger partial charge on any atom is -0.357 e. The number of nitrogens with one attached hydrogen (secondary N) is 1. The van der Waals surface area contributed by atoms with Crippen molar-refractivity contribution in [1.29, 1.82) is 0 Å². The minimum absolute atomic E-state index is 0.989. The summed E-state index contributed by atoms with van der Waals surface area (Å²) in [5.74, 6) is 0. The lowest BCUT2D eigenvalue weighted by Gasteiger charge is -2.21. The average molecular weight is 190 g/mol. The number of aryl methyl sites for hydroxylation is 1. The van der Waals surface area contributed by atoms with Gasteiger partial charge in [-0.05, 0) is 43.5 Å². The molecule has 2 heteroatoms. The van der Waals surface area contributed by atoms with Gasteiger partial charge in [-0.3, -0.25) is 5.32 Å². The first-order chi connectivity index (χ1) is 6.70. The normalized spacial score (nSPS) is 16.4. The van der Waals surface area contributed by atoms with Crippen molar-refractivity contribution in [2.75, 3.05) is 24.7 Å². The Morgan fingerprint density at radius 1 is 1.14 bits per heavy atom. The Bertz CT molecular complexity index is 338. The van der Waals surface area contributed by atoms with Gasteiger partial charge in [-0.2, -0.15) is 0 Å². The van der Waals surface area contributed by atoms with E-state index in [0.717, 1.165) is 19.8 Å². The number of hydrogen-bond acceptors (Lipinski definition) is 2. The van der Waals surface area contributed by atoms with E-state index in [2.05, 4.69) is 43.1 Å². The molecular formula is C12H18N2. The largest absolute Gasteiger partial charge is 0.357 e. The highest BCUT2D eigenvalue weighted by Crippen LogP contribution is 2.25. The summed E-state index contributed by atoms with van der Waals surface area (Å²) in [6.07, 6.45) is 0. The minimum atomic E-state index is 0.989. The molecule has 0 aromatic heterocycles. The van der Waals surface area contributed by atoms with Gasteiger partial charge >= 0.3 is 0 Å². The highest BCUT2D eigenvalue weighted by atomic mass is 15.3. The molecule has 2 rings (SSSR count). The van der Waals surface area contributed by atoms with E-state index in [1.807, 2.05) is 0 Å². The molecule has 1 aromatic carbocycles. The Hall–Kier alpha value is -1.02. The summed E-state index contributed by atoms with van der Waals surface area (Å²) in [7, 11) is 0. The maximum Gasteiger partial charge on any atom is 0.0683 e. The molecule has 0 bridgehead atoms. The maximum absolute atomic E-state index is 3.36. The van der Waals surface area contributed by atoms with E-state index in [9.17, 15) is 0 Å². The van der Waals surface area contributed by atoms with Crippen LogP contribution in [-0.2, 0) is 0 Å². The molecule has 0 atom stereocenters.